The SMILES string of the molecule is NCCNc1nc(Cl)cc2ccccc12. The second-order valence-corrected chi connectivity index (χ2v) is 3.62. The summed E-state index contributed by atoms with van der Waals surface area (Å²) in [6.07, 6.45) is 0. The fourth-order valence-electron chi connectivity index (χ4n) is 1.49. The molecule has 4 heteroatoms. The van der Waals surface area contributed by atoms with Gasteiger partial charge in [0.25, 0.3) is 0 Å². The van der Waals surface area contributed by atoms with Gasteiger partial charge < -0.3 is 11.1 Å². The lowest BCUT2D eigenvalue weighted by Crippen LogP contribution is -2.14. The van der Waals surface area contributed by atoms with Crippen LogP contribution in [-0.4, -0.2) is 18.1 Å². The highest BCUT2D eigenvalue weighted by Gasteiger charge is 2.03. The van der Waals surface area contributed by atoms with Crippen LogP contribution < -0.4 is 11.1 Å². The summed E-state index contributed by atoms with van der Waals surface area (Å²) in [6.45, 7) is 1.26. The number of benzene rings is 1. The number of rotatable bonds is 3. The van der Waals surface area contributed by atoms with E-state index in [4.69, 9.17) is 17.3 Å². The Morgan fingerprint density at radius 3 is 2.93 bits per heavy atom. The van der Waals surface area contributed by atoms with Gasteiger partial charge in [-0.3, -0.25) is 0 Å². The number of nitrogens with zero attached hydrogens (tertiary/aromatic N) is 1. The Balaban J connectivity index is 2.50. The van der Waals surface area contributed by atoms with Crippen molar-refractivity contribution in [2.75, 3.05) is 18.4 Å². The normalized spacial score (nSPS) is 10.5. The lowest BCUT2D eigenvalue weighted by Gasteiger charge is -2.08. The van der Waals surface area contributed by atoms with E-state index in [1.807, 2.05) is 30.3 Å². The van der Waals surface area contributed by atoms with E-state index in [1.165, 1.54) is 0 Å². The van der Waals surface area contributed by atoms with Crippen LogP contribution in [0, 0.1) is 0 Å². The topological polar surface area (TPSA) is 50.9 Å². The van der Waals surface area contributed by atoms with Crippen LogP contribution in [0.15, 0.2) is 30.3 Å². The molecular weight excluding hydrogens is 210 g/mol. The van der Waals surface area contributed by atoms with Gasteiger partial charge in [0.15, 0.2) is 0 Å². The standard InChI is InChI=1S/C11H12ClN3/c12-10-7-8-3-1-2-4-9(8)11(15-10)14-6-5-13/h1-4,7H,5-6,13H2,(H,14,15). The Morgan fingerprint density at radius 2 is 2.13 bits per heavy atom. The van der Waals surface area contributed by atoms with Crippen LogP contribution in [0.3, 0.4) is 0 Å². The van der Waals surface area contributed by atoms with Crippen molar-refractivity contribution < 1.29 is 0 Å². The van der Waals surface area contributed by atoms with Crippen molar-refractivity contribution >= 4 is 28.2 Å². The van der Waals surface area contributed by atoms with E-state index in [0.717, 1.165) is 16.6 Å². The fraction of sp³-hybridized carbons (Fsp3) is 0.182. The molecule has 1 heterocycles. The molecule has 0 amide bonds. The molecule has 0 bridgehead atoms. The van der Waals surface area contributed by atoms with E-state index < -0.39 is 0 Å². The molecule has 1 aromatic heterocycles. The van der Waals surface area contributed by atoms with Gasteiger partial charge >= 0.3 is 0 Å². The quantitative estimate of drug-likeness (QED) is 0.782. The van der Waals surface area contributed by atoms with Crippen molar-refractivity contribution in [3.8, 4) is 0 Å². The molecule has 78 valence electrons. The Morgan fingerprint density at radius 1 is 1.33 bits per heavy atom. The Hall–Kier alpha value is -1.32. The third kappa shape index (κ3) is 2.19. The van der Waals surface area contributed by atoms with Crippen molar-refractivity contribution in [2.24, 2.45) is 5.73 Å². The first-order valence-electron chi connectivity index (χ1n) is 4.80. The molecule has 1 aromatic carbocycles. The zero-order valence-corrected chi connectivity index (χ0v) is 8.96. The molecule has 0 aliphatic carbocycles. The van der Waals surface area contributed by atoms with E-state index in [-0.39, 0.29) is 0 Å². The molecule has 2 rings (SSSR count). The summed E-state index contributed by atoms with van der Waals surface area (Å²) < 4.78 is 0. The summed E-state index contributed by atoms with van der Waals surface area (Å²) in [6, 6.07) is 9.83. The number of nitrogens with two attached hydrogens (primary N) is 1. The van der Waals surface area contributed by atoms with Gasteiger partial charge in [0.1, 0.15) is 11.0 Å². The molecule has 0 unspecified atom stereocenters. The van der Waals surface area contributed by atoms with Crippen LogP contribution in [0.1, 0.15) is 0 Å². The molecule has 2 aromatic rings. The summed E-state index contributed by atoms with van der Waals surface area (Å²) in [5.74, 6) is 0.795. The van der Waals surface area contributed by atoms with Gasteiger partial charge in [-0.1, -0.05) is 35.9 Å². The molecule has 0 aliphatic heterocycles. The van der Waals surface area contributed by atoms with Crippen molar-refractivity contribution in [1.82, 2.24) is 4.98 Å². The molecule has 3 N–H and O–H groups in total. The number of hydrogen-bond donors (Lipinski definition) is 2. The molecule has 0 atom stereocenters. The minimum atomic E-state index is 0.494. The number of fused-ring (bicyclic) bond motifs is 1. The molecule has 15 heavy (non-hydrogen) atoms. The third-order valence-corrected chi connectivity index (χ3v) is 2.34. The van der Waals surface area contributed by atoms with Crippen LogP contribution in [0.5, 0.6) is 0 Å². The smallest absolute Gasteiger partial charge is 0.135 e. The Labute approximate surface area is 93.3 Å². The molecule has 0 radical (unpaired) electrons. The molecule has 0 saturated carbocycles. The van der Waals surface area contributed by atoms with Crippen LogP contribution in [0.2, 0.25) is 5.15 Å². The maximum Gasteiger partial charge on any atom is 0.135 e. The highest BCUT2D eigenvalue weighted by Crippen LogP contribution is 2.24. The number of hydrogen-bond acceptors (Lipinski definition) is 3. The van der Waals surface area contributed by atoms with Gasteiger partial charge in [0, 0.05) is 18.5 Å². The van der Waals surface area contributed by atoms with E-state index in [0.29, 0.717) is 18.2 Å². The van der Waals surface area contributed by atoms with E-state index in [9.17, 15) is 0 Å². The lowest BCUT2D eigenvalue weighted by molar-refractivity contribution is 1.02. The van der Waals surface area contributed by atoms with Gasteiger partial charge in [-0.15, -0.1) is 0 Å². The average Bonchev–Trinajstić information content (AvgIpc) is 2.25. The highest BCUT2D eigenvalue weighted by atomic mass is 35.5. The molecule has 0 fully saturated rings. The summed E-state index contributed by atoms with van der Waals surface area (Å²) in [7, 11) is 0. The zero-order valence-electron chi connectivity index (χ0n) is 8.20. The number of aromatic nitrogens is 1. The number of nitrogens with one attached hydrogen (secondary N) is 1. The molecule has 0 aliphatic rings. The molecule has 0 spiro atoms. The number of anilines is 1. The maximum absolute atomic E-state index is 5.92. The number of halogens is 1. The molecule has 0 saturated heterocycles. The second-order valence-electron chi connectivity index (χ2n) is 3.23. The van der Waals surface area contributed by atoms with Crippen molar-refractivity contribution in [2.45, 2.75) is 0 Å². The third-order valence-electron chi connectivity index (χ3n) is 2.15. The minimum absolute atomic E-state index is 0.494. The van der Waals surface area contributed by atoms with Gasteiger partial charge in [0.2, 0.25) is 0 Å². The van der Waals surface area contributed by atoms with E-state index in [2.05, 4.69) is 10.3 Å². The highest BCUT2D eigenvalue weighted by molar-refractivity contribution is 6.30. The summed E-state index contributed by atoms with van der Waals surface area (Å²) in [5, 5.41) is 5.80. The summed E-state index contributed by atoms with van der Waals surface area (Å²) in [4.78, 5) is 4.24. The average molecular weight is 222 g/mol. The first-order chi connectivity index (χ1) is 7.31. The largest absolute Gasteiger partial charge is 0.368 e. The predicted molar refractivity (Wildman–Crippen MR) is 64.3 cm³/mol. The van der Waals surface area contributed by atoms with Crippen LogP contribution in [0.4, 0.5) is 5.82 Å². The van der Waals surface area contributed by atoms with Gasteiger partial charge in [-0.05, 0) is 11.5 Å². The van der Waals surface area contributed by atoms with E-state index in [1.54, 1.807) is 0 Å². The molecule has 3 nitrogen and oxygen atoms in total. The fourth-order valence-corrected chi connectivity index (χ4v) is 1.69. The molecular formula is C11H12ClN3. The Bertz CT molecular complexity index is 470. The first-order valence-corrected chi connectivity index (χ1v) is 5.18. The van der Waals surface area contributed by atoms with Gasteiger partial charge in [0.05, 0.1) is 0 Å². The second kappa shape index (κ2) is 4.47. The lowest BCUT2D eigenvalue weighted by atomic mass is 10.1. The van der Waals surface area contributed by atoms with E-state index >= 15 is 0 Å². The van der Waals surface area contributed by atoms with Crippen LogP contribution in [-0.2, 0) is 0 Å². The maximum atomic E-state index is 5.92. The van der Waals surface area contributed by atoms with Crippen molar-refractivity contribution in [3.63, 3.8) is 0 Å². The predicted octanol–water partition coefficient (Wildman–Crippen LogP) is 2.26. The van der Waals surface area contributed by atoms with Crippen molar-refractivity contribution in [1.29, 1.82) is 0 Å². The van der Waals surface area contributed by atoms with Crippen molar-refractivity contribution in [3.05, 3.63) is 35.5 Å². The van der Waals surface area contributed by atoms with Gasteiger partial charge in [-0.2, -0.15) is 0 Å². The van der Waals surface area contributed by atoms with Gasteiger partial charge in [-0.25, -0.2) is 4.98 Å². The monoisotopic (exact) mass is 221 g/mol. The summed E-state index contributed by atoms with van der Waals surface area (Å²) >= 11 is 5.92. The first kappa shape index (κ1) is 10.2. The summed E-state index contributed by atoms with van der Waals surface area (Å²) in [5.41, 5.74) is 5.44. The van der Waals surface area contributed by atoms with Crippen LogP contribution in [0.25, 0.3) is 10.8 Å². The van der Waals surface area contributed by atoms with Crippen LogP contribution >= 0.6 is 11.6 Å². The number of pyridine rings is 1. The minimum Gasteiger partial charge on any atom is -0.368 e. The Kier molecular flexibility index (Phi) is 3.04. The zero-order chi connectivity index (χ0) is 10.7.